The molecule has 0 radical (unpaired) electrons. The molecule has 20 heavy (non-hydrogen) atoms. The van der Waals surface area contributed by atoms with E-state index >= 15 is 0 Å². The predicted molar refractivity (Wildman–Crippen MR) is 74.0 cm³/mol. The zero-order valence-electron chi connectivity index (χ0n) is 11.8. The van der Waals surface area contributed by atoms with E-state index in [4.69, 9.17) is 9.47 Å². The quantitative estimate of drug-likeness (QED) is 0.802. The second-order valence-electron chi connectivity index (χ2n) is 4.72. The van der Waals surface area contributed by atoms with Crippen molar-refractivity contribution in [3.8, 4) is 11.8 Å². The van der Waals surface area contributed by atoms with Crippen LogP contribution in [0.15, 0.2) is 6.07 Å². The molecule has 1 aromatic heterocycles. The highest BCUT2D eigenvalue weighted by atomic mass is 16.5. The molecule has 0 bridgehead atoms. The Hall–Kier alpha value is -1.89. The van der Waals surface area contributed by atoms with Gasteiger partial charge in [-0.05, 0) is 31.8 Å². The standard InChI is InChI=1S/C13H20N4O3/c1-19-11-7-12(20-2)17-13(16-11)15-10(18)4-3-9-5-6-14-8-9/h7,9,14H,3-6,8H2,1-2H3,(H,15,16,17,18). The second-order valence-corrected chi connectivity index (χ2v) is 4.72. The van der Waals surface area contributed by atoms with E-state index in [-0.39, 0.29) is 11.9 Å². The van der Waals surface area contributed by atoms with Gasteiger partial charge in [0.05, 0.1) is 20.3 Å². The van der Waals surface area contributed by atoms with Crippen molar-refractivity contribution in [2.24, 2.45) is 5.92 Å². The lowest BCUT2D eigenvalue weighted by Gasteiger charge is -2.09. The highest BCUT2D eigenvalue weighted by Gasteiger charge is 2.16. The van der Waals surface area contributed by atoms with Crippen LogP contribution < -0.4 is 20.1 Å². The number of rotatable bonds is 6. The second kappa shape index (κ2) is 7.04. The van der Waals surface area contributed by atoms with Crippen LogP contribution >= 0.6 is 0 Å². The first-order valence-electron chi connectivity index (χ1n) is 6.69. The summed E-state index contributed by atoms with van der Waals surface area (Å²) in [7, 11) is 3.00. The van der Waals surface area contributed by atoms with E-state index in [1.165, 1.54) is 14.2 Å². The largest absolute Gasteiger partial charge is 0.481 e. The maximum Gasteiger partial charge on any atom is 0.236 e. The van der Waals surface area contributed by atoms with E-state index < -0.39 is 0 Å². The molecule has 1 aliphatic rings. The third kappa shape index (κ3) is 4.06. The first-order chi connectivity index (χ1) is 9.71. The molecular formula is C13H20N4O3. The molecule has 110 valence electrons. The molecule has 7 nitrogen and oxygen atoms in total. The fourth-order valence-electron chi connectivity index (χ4n) is 2.15. The van der Waals surface area contributed by atoms with Crippen LogP contribution in [-0.4, -0.2) is 43.2 Å². The summed E-state index contributed by atoms with van der Waals surface area (Å²) in [6, 6.07) is 1.56. The summed E-state index contributed by atoms with van der Waals surface area (Å²) >= 11 is 0. The van der Waals surface area contributed by atoms with Crippen LogP contribution in [0.5, 0.6) is 11.8 Å². The Balaban J connectivity index is 1.89. The van der Waals surface area contributed by atoms with Crippen LogP contribution in [0, 0.1) is 5.92 Å². The fourth-order valence-corrected chi connectivity index (χ4v) is 2.15. The predicted octanol–water partition coefficient (Wildman–Crippen LogP) is 0.822. The van der Waals surface area contributed by atoms with Crippen molar-refractivity contribution in [3.05, 3.63) is 6.07 Å². The number of carbonyl (C=O) groups is 1. The molecule has 0 saturated carbocycles. The molecular weight excluding hydrogens is 260 g/mol. The summed E-state index contributed by atoms with van der Waals surface area (Å²) in [5.41, 5.74) is 0. The van der Waals surface area contributed by atoms with Crippen molar-refractivity contribution in [2.45, 2.75) is 19.3 Å². The molecule has 2 heterocycles. The number of hydrogen-bond donors (Lipinski definition) is 2. The van der Waals surface area contributed by atoms with Gasteiger partial charge in [0.25, 0.3) is 0 Å². The number of hydrogen-bond acceptors (Lipinski definition) is 6. The Kier molecular flexibility index (Phi) is 5.11. The monoisotopic (exact) mass is 280 g/mol. The molecule has 1 aromatic rings. The maximum absolute atomic E-state index is 11.9. The topological polar surface area (TPSA) is 85.4 Å². The number of ether oxygens (including phenoxy) is 2. The van der Waals surface area contributed by atoms with E-state index in [2.05, 4.69) is 20.6 Å². The lowest BCUT2D eigenvalue weighted by Crippen LogP contribution is -2.16. The minimum atomic E-state index is -0.0905. The number of carbonyl (C=O) groups excluding carboxylic acids is 1. The molecule has 2 N–H and O–H groups in total. The van der Waals surface area contributed by atoms with Crippen LogP contribution in [-0.2, 0) is 4.79 Å². The smallest absolute Gasteiger partial charge is 0.236 e. The average Bonchev–Trinajstić information content (AvgIpc) is 2.98. The van der Waals surface area contributed by atoms with Crippen LogP contribution in [0.3, 0.4) is 0 Å². The Morgan fingerprint density at radius 3 is 2.65 bits per heavy atom. The van der Waals surface area contributed by atoms with E-state index in [9.17, 15) is 4.79 Å². The van der Waals surface area contributed by atoms with Gasteiger partial charge < -0.3 is 14.8 Å². The van der Waals surface area contributed by atoms with Crippen LogP contribution in [0.25, 0.3) is 0 Å². The van der Waals surface area contributed by atoms with Gasteiger partial charge in [0.15, 0.2) is 0 Å². The maximum atomic E-state index is 11.9. The van der Waals surface area contributed by atoms with Gasteiger partial charge in [0, 0.05) is 6.42 Å². The van der Waals surface area contributed by atoms with Gasteiger partial charge in [0.2, 0.25) is 23.6 Å². The Labute approximate surface area is 118 Å². The lowest BCUT2D eigenvalue weighted by atomic mass is 10.0. The number of methoxy groups -OCH3 is 2. The molecule has 1 saturated heterocycles. The van der Waals surface area contributed by atoms with Crippen molar-refractivity contribution >= 4 is 11.9 Å². The van der Waals surface area contributed by atoms with E-state index in [0.717, 1.165) is 25.9 Å². The number of nitrogens with one attached hydrogen (secondary N) is 2. The molecule has 2 rings (SSSR count). The molecule has 1 atom stereocenters. The summed E-state index contributed by atoms with van der Waals surface area (Å²) in [6.07, 6.45) is 2.48. The SMILES string of the molecule is COc1cc(OC)nc(NC(=O)CCC2CCNC2)n1. The minimum absolute atomic E-state index is 0.0905. The molecule has 1 amide bonds. The van der Waals surface area contributed by atoms with Gasteiger partial charge in [-0.15, -0.1) is 0 Å². The number of nitrogens with zero attached hydrogens (tertiary/aromatic N) is 2. The highest BCUT2D eigenvalue weighted by Crippen LogP contribution is 2.18. The van der Waals surface area contributed by atoms with Crippen LogP contribution in [0.4, 0.5) is 5.95 Å². The fraction of sp³-hybridized carbons (Fsp3) is 0.615. The summed E-state index contributed by atoms with van der Waals surface area (Å²) in [4.78, 5) is 20.0. The minimum Gasteiger partial charge on any atom is -0.481 e. The number of amides is 1. The zero-order chi connectivity index (χ0) is 14.4. The molecule has 7 heteroatoms. The normalized spacial score (nSPS) is 17.8. The van der Waals surface area contributed by atoms with Crippen molar-refractivity contribution in [1.29, 1.82) is 0 Å². The molecule has 1 fully saturated rings. The summed E-state index contributed by atoms with van der Waals surface area (Å²) in [6.45, 7) is 2.04. The van der Waals surface area contributed by atoms with Gasteiger partial charge in [-0.25, -0.2) is 0 Å². The van der Waals surface area contributed by atoms with Crippen LogP contribution in [0.2, 0.25) is 0 Å². The lowest BCUT2D eigenvalue weighted by molar-refractivity contribution is -0.116. The summed E-state index contributed by atoms with van der Waals surface area (Å²) in [5, 5.41) is 5.96. The third-order valence-corrected chi connectivity index (χ3v) is 3.29. The van der Waals surface area contributed by atoms with E-state index in [1.54, 1.807) is 6.07 Å². The first kappa shape index (κ1) is 14.5. The van der Waals surface area contributed by atoms with Crippen molar-refractivity contribution in [2.75, 3.05) is 32.6 Å². The van der Waals surface area contributed by atoms with Gasteiger partial charge in [-0.3, -0.25) is 10.1 Å². The van der Waals surface area contributed by atoms with Gasteiger partial charge >= 0.3 is 0 Å². The Morgan fingerprint density at radius 2 is 2.10 bits per heavy atom. The number of aromatic nitrogens is 2. The molecule has 0 spiro atoms. The van der Waals surface area contributed by atoms with E-state index in [0.29, 0.717) is 24.1 Å². The van der Waals surface area contributed by atoms with Gasteiger partial charge in [0.1, 0.15) is 0 Å². The Morgan fingerprint density at radius 1 is 1.40 bits per heavy atom. The van der Waals surface area contributed by atoms with Gasteiger partial charge in [-0.2, -0.15) is 9.97 Å². The molecule has 1 aliphatic heterocycles. The van der Waals surface area contributed by atoms with Crippen molar-refractivity contribution < 1.29 is 14.3 Å². The van der Waals surface area contributed by atoms with Crippen molar-refractivity contribution in [3.63, 3.8) is 0 Å². The molecule has 1 unspecified atom stereocenters. The highest BCUT2D eigenvalue weighted by molar-refractivity contribution is 5.88. The summed E-state index contributed by atoms with van der Waals surface area (Å²) < 4.78 is 10.1. The zero-order valence-corrected chi connectivity index (χ0v) is 11.8. The third-order valence-electron chi connectivity index (χ3n) is 3.29. The summed E-state index contributed by atoms with van der Waals surface area (Å²) in [5.74, 6) is 1.41. The number of anilines is 1. The first-order valence-corrected chi connectivity index (χ1v) is 6.69. The van der Waals surface area contributed by atoms with Crippen molar-refractivity contribution in [1.82, 2.24) is 15.3 Å². The van der Waals surface area contributed by atoms with Gasteiger partial charge in [-0.1, -0.05) is 0 Å². The molecule has 0 aliphatic carbocycles. The van der Waals surface area contributed by atoms with E-state index in [1.807, 2.05) is 0 Å². The average molecular weight is 280 g/mol. The van der Waals surface area contributed by atoms with Crippen LogP contribution in [0.1, 0.15) is 19.3 Å². The molecule has 0 aromatic carbocycles. The Bertz CT molecular complexity index is 439.